The lowest BCUT2D eigenvalue weighted by Gasteiger charge is -2.44. The minimum atomic E-state index is 0.157. The lowest BCUT2D eigenvalue weighted by atomic mass is 9.65. The second kappa shape index (κ2) is 7.53. The van der Waals surface area contributed by atoms with E-state index in [1.165, 1.54) is 17.5 Å². The number of methoxy groups -OCH3 is 2. The van der Waals surface area contributed by atoms with Gasteiger partial charge in [-0.1, -0.05) is 36.4 Å². The van der Waals surface area contributed by atoms with E-state index < -0.39 is 0 Å². The highest BCUT2D eigenvalue weighted by Crippen LogP contribution is 2.50. The molecule has 3 unspecified atom stereocenters. The molecule has 2 aliphatic rings. The van der Waals surface area contributed by atoms with Crippen molar-refractivity contribution in [1.29, 1.82) is 0 Å². The number of ether oxygens (including phenoxy) is 2. The van der Waals surface area contributed by atoms with E-state index in [1.807, 2.05) is 6.07 Å². The van der Waals surface area contributed by atoms with Gasteiger partial charge >= 0.3 is 0 Å². The Morgan fingerprint density at radius 3 is 2.56 bits per heavy atom. The molecule has 1 saturated heterocycles. The first kappa shape index (κ1) is 18.3. The van der Waals surface area contributed by atoms with Crippen LogP contribution in [0.4, 0.5) is 0 Å². The fraction of sp³-hybridized carbons (Fsp3) is 0.478. The maximum atomic E-state index is 6.41. The molecule has 2 N–H and O–H groups in total. The zero-order valence-electron chi connectivity index (χ0n) is 16.4. The van der Waals surface area contributed by atoms with Crippen molar-refractivity contribution in [3.05, 3.63) is 59.7 Å². The monoisotopic (exact) mass is 366 g/mol. The Labute approximate surface area is 162 Å². The van der Waals surface area contributed by atoms with Crippen LogP contribution >= 0.6 is 0 Å². The molecule has 0 bridgehead atoms. The third-order valence-corrected chi connectivity index (χ3v) is 6.60. The Balaban J connectivity index is 1.67. The highest BCUT2D eigenvalue weighted by Gasteiger charge is 2.51. The number of nitrogens with two attached hydrogens (primary N) is 1. The van der Waals surface area contributed by atoms with Crippen LogP contribution in [0.15, 0.2) is 48.5 Å². The first-order valence-corrected chi connectivity index (χ1v) is 9.92. The topological polar surface area (TPSA) is 47.7 Å². The van der Waals surface area contributed by atoms with Gasteiger partial charge in [0.25, 0.3) is 0 Å². The molecule has 3 atom stereocenters. The molecule has 0 spiro atoms. The summed E-state index contributed by atoms with van der Waals surface area (Å²) in [5.74, 6) is 1.61. The molecule has 0 amide bonds. The van der Waals surface area contributed by atoms with E-state index in [1.54, 1.807) is 14.2 Å². The van der Waals surface area contributed by atoms with Gasteiger partial charge in [-0.15, -0.1) is 0 Å². The van der Waals surface area contributed by atoms with Crippen molar-refractivity contribution in [3.8, 4) is 11.5 Å². The lowest BCUT2D eigenvalue weighted by Crippen LogP contribution is -2.50. The van der Waals surface area contributed by atoms with Crippen LogP contribution in [-0.4, -0.2) is 37.7 Å². The van der Waals surface area contributed by atoms with Crippen LogP contribution < -0.4 is 15.2 Å². The molecule has 1 aliphatic carbocycles. The standard InChI is InChI=1S/C23H30N2O2/c1-26-20-9-8-18(14-21(20)27-2)23-11-10-19(24)15-22(23)25(13-12-23)16-17-6-4-3-5-7-17/h3-9,14,19,22H,10-13,15-16,24H2,1-2H3. The molecule has 144 valence electrons. The van der Waals surface area contributed by atoms with Gasteiger partial charge < -0.3 is 15.2 Å². The number of likely N-dealkylation sites (tertiary alicyclic amines) is 1. The van der Waals surface area contributed by atoms with Gasteiger partial charge in [0.1, 0.15) is 0 Å². The normalized spacial score (nSPS) is 28.0. The molecule has 0 radical (unpaired) electrons. The average Bonchev–Trinajstić information content (AvgIpc) is 3.07. The first-order valence-electron chi connectivity index (χ1n) is 9.92. The van der Waals surface area contributed by atoms with E-state index >= 15 is 0 Å². The first-order chi connectivity index (χ1) is 13.2. The Morgan fingerprint density at radius 2 is 1.81 bits per heavy atom. The molecule has 2 aromatic carbocycles. The van der Waals surface area contributed by atoms with Crippen LogP contribution in [0.3, 0.4) is 0 Å². The maximum Gasteiger partial charge on any atom is 0.161 e. The van der Waals surface area contributed by atoms with Crippen LogP contribution in [0, 0.1) is 0 Å². The van der Waals surface area contributed by atoms with E-state index in [0.717, 1.165) is 43.9 Å². The average molecular weight is 367 g/mol. The van der Waals surface area contributed by atoms with Gasteiger partial charge in [-0.25, -0.2) is 0 Å². The van der Waals surface area contributed by atoms with Crippen molar-refractivity contribution in [2.75, 3.05) is 20.8 Å². The summed E-state index contributed by atoms with van der Waals surface area (Å²) >= 11 is 0. The van der Waals surface area contributed by atoms with E-state index in [0.29, 0.717) is 12.1 Å². The molecule has 2 aromatic rings. The molecule has 4 heteroatoms. The Morgan fingerprint density at radius 1 is 1.04 bits per heavy atom. The summed E-state index contributed by atoms with van der Waals surface area (Å²) in [6, 6.07) is 18.0. The molecule has 4 nitrogen and oxygen atoms in total. The molecule has 1 saturated carbocycles. The highest BCUT2D eigenvalue weighted by molar-refractivity contribution is 5.46. The predicted molar refractivity (Wildman–Crippen MR) is 108 cm³/mol. The van der Waals surface area contributed by atoms with Crippen molar-refractivity contribution in [1.82, 2.24) is 4.90 Å². The highest BCUT2D eigenvalue weighted by atomic mass is 16.5. The summed E-state index contributed by atoms with van der Waals surface area (Å²) in [5, 5.41) is 0. The van der Waals surface area contributed by atoms with Crippen molar-refractivity contribution >= 4 is 0 Å². The predicted octanol–water partition coefficient (Wildman–Crippen LogP) is 3.73. The maximum absolute atomic E-state index is 6.41. The van der Waals surface area contributed by atoms with Crippen LogP contribution in [0.5, 0.6) is 11.5 Å². The molecular formula is C23H30N2O2. The largest absolute Gasteiger partial charge is 0.493 e. The third-order valence-electron chi connectivity index (χ3n) is 6.60. The Hall–Kier alpha value is -2.04. The van der Waals surface area contributed by atoms with Gasteiger partial charge in [0.15, 0.2) is 11.5 Å². The van der Waals surface area contributed by atoms with Gasteiger partial charge in [0.2, 0.25) is 0 Å². The number of benzene rings is 2. The quantitative estimate of drug-likeness (QED) is 0.876. The SMILES string of the molecule is COc1ccc(C23CCC(N)CC2N(Cc2ccccc2)CC3)cc1OC. The zero-order valence-corrected chi connectivity index (χ0v) is 16.4. The fourth-order valence-corrected chi connectivity index (χ4v) is 5.16. The van der Waals surface area contributed by atoms with Gasteiger partial charge in [0.05, 0.1) is 14.2 Å². The van der Waals surface area contributed by atoms with Crippen LogP contribution in [-0.2, 0) is 12.0 Å². The number of fused-ring (bicyclic) bond motifs is 1. The van der Waals surface area contributed by atoms with Crippen molar-refractivity contribution < 1.29 is 9.47 Å². The molecule has 4 rings (SSSR count). The summed E-state index contributed by atoms with van der Waals surface area (Å²) < 4.78 is 11.0. The van der Waals surface area contributed by atoms with Gasteiger partial charge in [-0.3, -0.25) is 4.90 Å². The molecule has 2 fully saturated rings. The third kappa shape index (κ3) is 3.32. The number of hydrogen-bond acceptors (Lipinski definition) is 4. The molecule has 27 heavy (non-hydrogen) atoms. The fourth-order valence-electron chi connectivity index (χ4n) is 5.16. The van der Waals surface area contributed by atoms with Gasteiger partial charge in [0, 0.05) is 24.0 Å². The van der Waals surface area contributed by atoms with Gasteiger partial charge in [-0.2, -0.15) is 0 Å². The molecular weight excluding hydrogens is 336 g/mol. The molecule has 0 aromatic heterocycles. The van der Waals surface area contributed by atoms with Crippen molar-refractivity contribution in [2.24, 2.45) is 5.73 Å². The van der Waals surface area contributed by atoms with E-state index in [-0.39, 0.29) is 5.41 Å². The van der Waals surface area contributed by atoms with Crippen LogP contribution in [0.2, 0.25) is 0 Å². The minimum absolute atomic E-state index is 0.157. The molecule has 1 heterocycles. The lowest BCUT2D eigenvalue weighted by molar-refractivity contribution is 0.139. The summed E-state index contributed by atoms with van der Waals surface area (Å²) in [5.41, 5.74) is 9.31. The second-order valence-corrected chi connectivity index (χ2v) is 7.98. The van der Waals surface area contributed by atoms with E-state index in [9.17, 15) is 0 Å². The van der Waals surface area contributed by atoms with Crippen LogP contribution in [0.1, 0.15) is 36.8 Å². The van der Waals surface area contributed by atoms with E-state index in [4.69, 9.17) is 15.2 Å². The zero-order chi connectivity index (χ0) is 18.9. The molecule has 1 aliphatic heterocycles. The van der Waals surface area contributed by atoms with Gasteiger partial charge in [-0.05, 0) is 55.5 Å². The van der Waals surface area contributed by atoms with Crippen molar-refractivity contribution in [3.63, 3.8) is 0 Å². The summed E-state index contributed by atoms with van der Waals surface area (Å²) in [7, 11) is 3.40. The minimum Gasteiger partial charge on any atom is -0.493 e. The second-order valence-electron chi connectivity index (χ2n) is 7.98. The Kier molecular flexibility index (Phi) is 5.11. The summed E-state index contributed by atoms with van der Waals surface area (Å²) in [6.45, 7) is 2.11. The summed E-state index contributed by atoms with van der Waals surface area (Å²) in [4.78, 5) is 2.64. The number of rotatable bonds is 5. The van der Waals surface area contributed by atoms with Crippen molar-refractivity contribution in [2.45, 2.75) is 49.7 Å². The number of nitrogens with zero attached hydrogens (tertiary/aromatic N) is 1. The Bertz CT molecular complexity index is 779. The smallest absolute Gasteiger partial charge is 0.161 e. The summed E-state index contributed by atoms with van der Waals surface area (Å²) in [6.07, 6.45) is 4.46. The number of hydrogen-bond donors (Lipinski definition) is 1. The van der Waals surface area contributed by atoms with E-state index in [2.05, 4.69) is 47.4 Å². The van der Waals surface area contributed by atoms with Crippen LogP contribution in [0.25, 0.3) is 0 Å².